The van der Waals surface area contributed by atoms with E-state index < -0.39 is 26.5 Å². The quantitative estimate of drug-likeness (QED) is 0.0222. The zero-order chi connectivity index (χ0) is 37.9. The van der Waals surface area contributed by atoms with Gasteiger partial charge >= 0.3 is 19.8 Å². The molecular weight excluding hydrogens is 665 g/mol. The van der Waals surface area contributed by atoms with Crippen molar-refractivity contribution in [2.45, 2.75) is 168 Å². The molecule has 0 aliphatic heterocycles. The molecule has 0 saturated heterocycles. The minimum Gasteiger partial charge on any atom is -0.462 e. The number of allylic oxidation sites excluding steroid dienone is 6. The summed E-state index contributed by atoms with van der Waals surface area (Å²) in [5.74, 6) is -0.818. The Labute approximate surface area is 312 Å². The second-order valence-corrected chi connectivity index (χ2v) is 16.1. The highest BCUT2D eigenvalue weighted by Crippen LogP contribution is 2.43. The van der Waals surface area contributed by atoms with Gasteiger partial charge in [-0.15, -0.1) is 0 Å². The van der Waals surface area contributed by atoms with Crippen LogP contribution in [0, 0.1) is 0 Å². The minimum absolute atomic E-state index is 0.0284. The molecule has 0 rings (SSSR count). The second-order valence-electron chi connectivity index (χ2n) is 14.6. The third kappa shape index (κ3) is 37.8. The lowest BCUT2D eigenvalue weighted by Crippen LogP contribution is -2.37. The van der Waals surface area contributed by atoms with Crippen LogP contribution < -0.4 is 0 Å². The summed E-state index contributed by atoms with van der Waals surface area (Å²) in [7, 11) is 1.46. The number of phosphoric ester groups is 1. The maximum Gasteiger partial charge on any atom is 0.472 e. The lowest BCUT2D eigenvalue weighted by Gasteiger charge is -2.24. The van der Waals surface area contributed by atoms with Gasteiger partial charge in [0.25, 0.3) is 0 Å². The average molecular weight is 743 g/mol. The van der Waals surface area contributed by atoms with E-state index in [9.17, 15) is 19.0 Å². The van der Waals surface area contributed by atoms with Gasteiger partial charge in [-0.2, -0.15) is 0 Å². The number of unbranched alkanes of at least 4 members (excludes halogenated alkanes) is 16. The van der Waals surface area contributed by atoms with Crippen LogP contribution in [0.5, 0.6) is 0 Å². The summed E-state index contributed by atoms with van der Waals surface area (Å²) in [6.45, 7) is 4.27. The number of carbonyl (C=O) groups excluding carboxylic acids is 2. The largest absolute Gasteiger partial charge is 0.472 e. The predicted octanol–water partition coefficient (Wildman–Crippen LogP) is 11.0. The number of carbonyl (C=O) groups is 2. The Bertz CT molecular complexity index is 975. The number of ether oxygens (including phenoxy) is 2. The molecule has 0 aliphatic carbocycles. The van der Waals surface area contributed by atoms with Gasteiger partial charge < -0.3 is 18.9 Å². The molecular formula is C41H77NO8P+. The van der Waals surface area contributed by atoms with E-state index in [2.05, 4.69) is 50.3 Å². The van der Waals surface area contributed by atoms with Crippen LogP contribution in [0.2, 0.25) is 0 Å². The van der Waals surface area contributed by atoms with Crippen molar-refractivity contribution in [3.63, 3.8) is 0 Å². The van der Waals surface area contributed by atoms with Crippen molar-refractivity contribution >= 4 is 19.8 Å². The Morgan fingerprint density at radius 1 is 0.627 bits per heavy atom. The van der Waals surface area contributed by atoms with Crippen LogP contribution in [0.25, 0.3) is 0 Å². The van der Waals surface area contributed by atoms with E-state index in [1.165, 1.54) is 57.8 Å². The van der Waals surface area contributed by atoms with E-state index in [0.717, 1.165) is 70.6 Å². The summed E-state index contributed by atoms with van der Waals surface area (Å²) >= 11 is 0. The van der Waals surface area contributed by atoms with Gasteiger partial charge in [-0.25, -0.2) is 4.57 Å². The Morgan fingerprint density at radius 2 is 1.12 bits per heavy atom. The lowest BCUT2D eigenvalue weighted by atomic mass is 10.0. The summed E-state index contributed by atoms with van der Waals surface area (Å²) in [6, 6.07) is 0. The summed E-state index contributed by atoms with van der Waals surface area (Å²) in [5, 5.41) is 0. The van der Waals surface area contributed by atoms with Gasteiger partial charge in [0.15, 0.2) is 6.10 Å². The van der Waals surface area contributed by atoms with Crippen molar-refractivity contribution in [2.24, 2.45) is 0 Å². The SMILES string of the molecule is CC/C=C\C/C=C\C/C=C\CCCCCCCC(=O)OC(COC(=O)CCCCCCCCCCCCCC)COP(=O)(O)OCC[N+](C)(C)C. The zero-order valence-electron chi connectivity index (χ0n) is 33.3. The fourth-order valence-electron chi connectivity index (χ4n) is 5.26. The van der Waals surface area contributed by atoms with Crippen LogP contribution in [0.3, 0.4) is 0 Å². The summed E-state index contributed by atoms with van der Waals surface area (Å²) < 4.78 is 34.2. The van der Waals surface area contributed by atoms with Crippen LogP contribution in [0.1, 0.15) is 162 Å². The molecule has 0 aromatic heterocycles. The Hall–Kier alpha value is -1.77. The van der Waals surface area contributed by atoms with Crippen molar-refractivity contribution in [3.05, 3.63) is 36.5 Å². The van der Waals surface area contributed by atoms with Crippen molar-refractivity contribution in [2.75, 3.05) is 47.5 Å². The van der Waals surface area contributed by atoms with E-state index >= 15 is 0 Å². The maximum atomic E-state index is 12.6. The maximum absolute atomic E-state index is 12.6. The van der Waals surface area contributed by atoms with E-state index in [0.29, 0.717) is 17.4 Å². The van der Waals surface area contributed by atoms with Crippen molar-refractivity contribution in [1.82, 2.24) is 0 Å². The third-order valence-corrected chi connectivity index (χ3v) is 9.42. The molecule has 298 valence electrons. The fraction of sp³-hybridized carbons (Fsp3) is 0.805. The third-order valence-electron chi connectivity index (χ3n) is 8.43. The normalized spacial score (nSPS) is 14.1. The van der Waals surface area contributed by atoms with Crippen LogP contribution in [0.15, 0.2) is 36.5 Å². The summed E-state index contributed by atoms with van der Waals surface area (Å²) in [4.78, 5) is 35.2. The first kappa shape index (κ1) is 49.2. The van der Waals surface area contributed by atoms with Crippen LogP contribution in [0.4, 0.5) is 0 Å². The van der Waals surface area contributed by atoms with E-state index in [1.54, 1.807) is 0 Å². The molecule has 10 heteroatoms. The smallest absolute Gasteiger partial charge is 0.462 e. The highest BCUT2D eigenvalue weighted by atomic mass is 31.2. The van der Waals surface area contributed by atoms with Gasteiger partial charge in [0.2, 0.25) is 0 Å². The topological polar surface area (TPSA) is 108 Å². The molecule has 2 atom stereocenters. The molecule has 2 unspecified atom stereocenters. The first-order valence-corrected chi connectivity index (χ1v) is 21.7. The zero-order valence-corrected chi connectivity index (χ0v) is 34.2. The fourth-order valence-corrected chi connectivity index (χ4v) is 6.00. The Kier molecular flexibility index (Phi) is 32.8. The number of quaternary nitrogens is 1. The van der Waals surface area contributed by atoms with Gasteiger partial charge in [0.05, 0.1) is 27.7 Å². The molecule has 0 saturated carbocycles. The lowest BCUT2D eigenvalue weighted by molar-refractivity contribution is -0.870. The molecule has 0 heterocycles. The van der Waals surface area contributed by atoms with Gasteiger partial charge in [-0.3, -0.25) is 18.6 Å². The van der Waals surface area contributed by atoms with Gasteiger partial charge in [0.1, 0.15) is 19.8 Å². The molecule has 0 aromatic carbocycles. The van der Waals surface area contributed by atoms with Crippen LogP contribution >= 0.6 is 7.82 Å². The highest BCUT2D eigenvalue weighted by Gasteiger charge is 2.27. The molecule has 0 amide bonds. The standard InChI is InChI=1S/C41H76NO8P/c1-6-8-10-12-14-16-18-20-21-22-24-26-28-30-32-34-41(44)50-39(38-49-51(45,46)48-36-35-42(3,4)5)37-47-40(43)33-31-29-27-25-23-19-17-15-13-11-9-7-2/h8,10,14,16,20-21,39H,6-7,9,11-13,15,17-19,22-38H2,1-5H3/p+1/b10-8-,16-14-,21-20-. The molecule has 0 aromatic rings. The number of phosphoric acid groups is 1. The van der Waals surface area contributed by atoms with E-state index in [-0.39, 0.29) is 32.0 Å². The minimum atomic E-state index is -4.37. The van der Waals surface area contributed by atoms with Crippen LogP contribution in [-0.2, 0) is 32.7 Å². The number of nitrogens with zero attached hydrogens (tertiary/aromatic N) is 1. The number of rotatable bonds is 36. The molecule has 0 fully saturated rings. The van der Waals surface area contributed by atoms with Crippen LogP contribution in [-0.4, -0.2) is 74.9 Å². The molecule has 0 bridgehead atoms. The van der Waals surface area contributed by atoms with Crippen molar-refractivity contribution in [1.29, 1.82) is 0 Å². The first-order valence-electron chi connectivity index (χ1n) is 20.2. The molecule has 0 radical (unpaired) electrons. The van der Waals surface area contributed by atoms with E-state index in [4.69, 9.17) is 18.5 Å². The van der Waals surface area contributed by atoms with E-state index in [1.807, 2.05) is 21.1 Å². The number of hydrogen-bond donors (Lipinski definition) is 1. The average Bonchev–Trinajstić information content (AvgIpc) is 3.07. The molecule has 0 spiro atoms. The number of hydrogen-bond acceptors (Lipinski definition) is 7. The van der Waals surface area contributed by atoms with Crippen molar-refractivity contribution < 1.29 is 42.1 Å². The number of likely N-dealkylation sites (N-methyl/N-ethyl adjacent to an activating group) is 1. The summed E-state index contributed by atoms with van der Waals surface area (Å²) in [5.41, 5.74) is 0. The molecule has 1 N–H and O–H groups in total. The van der Waals surface area contributed by atoms with Gasteiger partial charge in [-0.05, 0) is 44.9 Å². The molecule has 0 aliphatic rings. The van der Waals surface area contributed by atoms with Crippen molar-refractivity contribution in [3.8, 4) is 0 Å². The van der Waals surface area contributed by atoms with Gasteiger partial charge in [-0.1, -0.05) is 140 Å². The molecule has 9 nitrogen and oxygen atoms in total. The summed E-state index contributed by atoms with van der Waals surface area (Å²) in [6.07, 6.45) is 36.1. The Balaban J connectivity index is 4.44. The first-order chi connectivity index (χ1) is 24.5. The predicted molar refractivity (Wildman–Crippen MR) is 210 cm³/mol. The number of esters is 2. The highest BCUT2D eigenvalue weighted by molar-refractivity contribution is 7.47. The van der Waals surface area contributed by atoms with Gasteiger partial charge in [0, 0.05) is 12.8 Å². The second kappa shape index (κ2) is 34.0. The Morgan fingerprint density at radius 3 is 1.67 bits per heavy atom. The molecule has 51 heavy (non-hydrogen) atoms. The monoisotopic (exact) mass is 743 g/mol.